The zero-order chi connectivity index (χ0) is 23.8. The van der Waals surface area contributed by atoms with Gasteiger partial charge in [0.05, 0.1) is 6.10 Å². The van der Waals surface area contributed by atoms with E-state index in [4.69, 9.17) is 4.74 Å². The normalized spacial score (nSPS) is 22.9. The molecule has 0 unspecified atom stereocenters. The number of allylic oxidation sites excluding steroid dienone is 3. The number of amides is 1. The Morgan fingerprint density at radius 3 is 2.61 bits per heavy atom. The van der Waals surface area contributed by atoms with Gasteiger partial charge < -0.3 is 19.9 Å². The first-order valence-electron chi connectivity index (χ1n) is 12.2. The van der Waals surface area contributed by atoms with Crippen molar-refractivity contribution in [3.05, 3.63) is 47.8 Å². The highest BCUT2D eigenvalue weighted by molar-refractivity contribution is 5.97. The third kappa shape index (κ3) is 4.89. The van der Waals surface area contributed by atoms with Crippen LogP contribution in [0.15, 0.2) is 42.1 Å². The van der Waals surface area contributed by atoms with E-state index in [0.29, 0.717) is 11.5 Å². The first kappa shape index (κ1) is 23.6. The van der Waals surface area contributed by atoms with Crippen LogP contribution < -0.4 is 10.2 Å². The van der Waals surface area contributed by atoms with Gasteiger partial charge in [0.1, 0.15) is 0 Å². The second kappa shape index (κ2) is 9.38. The molecule has 1 aromatic heterocycles. The number of aromatic nitrogens is 1. The summed E-state index contributed by atoms with van der Waals surface area (Å²) < 4.78 is 5.46. The number of ether oxygens (including phenoxy) is 1. The van der Waals surface area contributed by atoms with Gasteiger partial charge in [-0.25, -0.2) is 0 Å². The highest BCUT2D eigenvalue weighted by atomic mass is 16.5. The van der Waals surface area contributed by atoms with Gasteiger partial charge in [-0.05, 0) is 79.7 Å². The topological polar surface area (TPSA) is 57.4 Å². The van der Waals surface area contributed by atoms with Crippen molar-refractivity contribution in [2.24, 2.45) is 11.3 Å². The van der Waals surface area contributed by atoms with Gasteiger partial charge in [0.15, 0.2) is 0 Å². The molecule has 0 aliphatic heterocycles. The number of methoxy groups -OCH3 is 1. The third-order valence-corrected chi connectivity index (χ3v) is 7.74. The maximum Gasteiger partial charge on any atom is 0.229 e. The lowest BCUT2D eigenvalue weighted by atomic mass is 9.75. The number of rotatable bonds is 6. The van der Waals surface area contributed by atoms with Crippen LogP contribution in [-0.4, -0.2) is 38.2 Å². The summed E-state index contributed by atoms with van der Waals surface area (Å²) in [6.07, 6.45) is 7.26. The second-order valence-corrected chi connectivity index (χ2v) is 10.6. The van der Waals surface area contributed by atoms with Gasteiger partial charge in [-0.2, -0.15) is 0 Å². The Labute approximate surface area is 198 Å². The maximum atomic E-state index is 13.1. The van der Waals surface area contributed by atoms with Crippen molar-refractivity contribution in [1.82, 2.24) is 10.3 Å². The van der Waals surface area contributed by atoms with Gasteiger partial charge in [-0.1, -0.05) is 26.5 Å². The van der Waals surface area contributed by atoms with Crippen molar-refractivity contribution in [1.29, 1.82) is 0 Å². The lowest BCUT2D eigenvalue weighted by Gasteiger charge is -2.33. The fourth-order valence-corrected chi connectivity index (χ4v) is 5.46. The summed E-state index contributed by atoms with van der Waals surface area (Å²) in [5.41, 5.74) is 7.01. The summed E-state index contributed by atoms with van der Waals surface area (Å²) >= 11 is 0. The minimum atomic E-state index is 0.0820. The van der Waals surface area contributed by atoms with Crippen LogP contribution in [0.25, 0.3) is 16.5 Å². The highest BCUT2D eigenvalue weighted by Gasteiger charge is 2.30. The molecule has 1 aromatic carbocycles. The van der Waals surface area contributed by atoms with Crippen LogP contribution in [-0.2, 0) is 9.53 Å². The highest BCUT2D eigenvalue weighted by Crippen LogP contribution is 2.42. The third-order valence-electron chi connectivity index (χ3n) is 7.74. The molecule has 1 amide bonds. The SMILES string of the molecule is C=C(C1=C(NC)CC(C)(C)CC1)c1cc2ccc(N(C)C(=O)C3CCC(OC)CC3)cc2[nH]1. The number of H-pyrrole nitrogens is 1. The predicted octanol–water partition coefficient (Wildman–Crippen LogP) is 6.03. The molecule has 1 saturated carbocycles. The number of aromatic amines is 1. The van der Waals surface area contributed by atoms with Gasteiger partial charge in [0.2, 0.25) is 5.91 Å². The summed E-state index contributed by atoms with van der Waals surface area (Å²) in [5.74, 6) is 0.285. The molecular weight excluding hydrogens is 410 g/mol. The number of benzene rings is 1. The minimum Gasteiger partial charge on any atom is -0.391 e. The van der Waals surface area contributed by atoms with Crippen molar-refractivity contribution in [2.45, 2.75) is 64.9 Å². The number of carbonyl (C=O) groups excluding carboxylic acids is 1. The molecule has 1 heterocycles. The predicted molar refractivity (Wildman–Crippen MR) is 137 cm³/mol. The van der Waals surface area contributed by atoms with Crippen molar-refractivity contribution in [3.8, 4) is 0 Å². The Morgan fingerprint density at radius 1 is 1.21 bits per heavy atom. The summed E-state index contributed by atoms with van der Waals surface area (Å²) in [7, 11) is 5.66. The quantitative estimate of drug-likeness (QED) is 0.566. The number of hydrogen-bond donors (Lipinski definition) is 2. The van der Waals surface area contributed by atoms with Crippen molar-refractivity contribution in [3.63, 3.8) is 0 Å². The van der Waals surface area contributed by atoms with Gasteiger partial charge in [-0.3, -0.25) is 4.79 Å². The standard InChI is InChI=1S/C28H39N3O2/c1-18(23-13-14-28(2,3)17-26(23)29-4)24-15-20-7-10-21(16-25(20)30-24)31(5)27(32)19-8-11-22(33-6)12-9-19/h7,10,15-16,19,22,29-30H,1,8-9,11-14,17H2,2-6H3. The van der Waals surface area contributed by atoms with E-state index in [2.05, 4.69) is 48.9 Å². The Kier molecular flexibility index (Phi) is 6.71. The van der Waals surface area contributed by atoms with E-state index in [1.165, 1.54) is 11.3 Å². The Balaban J connectivity index is 1.53. The van der Waals surface area contributed by atoms with Crippen molar-refractivity contribution < 1.29 is 9.53 Å². The van der Waals surface area contributed by atoms with Crippen molar-refractivity contribution >= 4 is 28.1 Å². The van der Waals surface area contributed by atoms with E-state index in [-0.39, 0.29) is 11.8 Å². The van der Waals surface area contributed by atoms with Gasteiger partial charge >= 0.3 is 0 Å². The summed E-state index contributed by atoms with van der Waals surface area (Å²) in [6.45, 7) is 9.10. The molecule has 33 heavy (non-hydrogen) atoms. The molecule has 2 aliphatic carbocycles. The molecule has 2 aliphatic rings. The Bertz CT molecular complexity index is 1070. The molecule has 0 spiro atoms. The Morgan fingerprint density at radius 2 is 1.94 bits per heavy atom. The van der Waals surface area contributed by atoms with Gasteiger partial charge in [0, 0.05) is 55.1 Å². The number of hydrogen-bond acceptors (Lipinski definition) is 3. The van der Waals surface area contributed by atoms with Crippen LogP contribution >= 0.6 is 0 Å². The van der Waals surface area contributed by atoms with E-state index in [9.17, 15) is 4.79 Å². The number of anilines is 1. The minimum absolute atomic E-state index is 0.0820. The molecule has 0 radical (unpaired) electrons. The molecule has 0 atom stereocenters. The van der Waals surface area contributed by atoms with E-state index < -0.39 is 0 Å². The van der Waals surface area contributed by atoms with Crippen molar-refractivity contribution in [2.75, 3.05) is 26.1 Å². The average molecular weight is 450 g/mol. The Hall–Kier alpha value is -2.53. The molecule has 1 fully saturated rings. The first-order valence-corrected chi connectivity index (χ1v) is 12.2. The monoisotopic (exact) mass is 449 g/mol. The number of nitrogens with one attached hydrogen (secondary N) is 2. The van der Waals surface area contributed by atoms with Crippen LogP contribution in [0.3, 0.4) is 0 Å². The summed E-state index contributed by atoms with van der Waals surface area (Å²) in [4.78, 5) is 18.5. The zero-order valence-corrected chi connectivity index (χ0v) is 20.9. The molecular formula is C28H39N3O2. The zero-order valence-electron chi connectivity index (χ0n) is 20.9. The fraction of sp³-hybridized carbons (Fsp3) is 0.536. The molecule has 5 nitrogen and oxygen atoms in total. The molecule has 2 aromatic rings. The number of nitrogens with zero attached hydrogens (tertiary/aromatic N) is 1. The van der Waals surface area contributed by atoms with Crippen LogP contribution in [0.4, 0.5) is 5.69 Å². The molecule has 0 bridgehead atoms. The maximum absolute atomic E-state index is 13.1. The molecule has 5 heteroatoms. The van der Waals surface area contributed by atoms with Crippen LogP contribution in [0.1, 0.15) is 64.5 Å². The van der Waals surface area contributed by atoms with E-state index >= 15 is 0 Å². The van der Waals surface area contributed by atoms with E-state index in [1.54, 1.807) is 7.11 Å². The second-order valence-electron chi connectivity index (χ2n) is 10.6. The van der Waals surface area contributed by atoms with E-state index in [1.807, 2.05) is 25.1 Å². The molecule has 0 saturated heterocycles. The first-order chi connectivity index (χ1) is 15.7. The van der Waals surface area contributed by atoms with Crippen LogP contribution in [0.2, 0.25) is 0 Å². The lowest BCUT2D eigenvalue weighted by molar-refractivity contribution is -0.123. The van der Waals surface area contributed by atoms with E-state index in [0.717, 1.165) is 72.8 Å². The molecule has 2 N–H and O–H groups in total. The summed E-state index contributed by atoms with van der Waals surface area (Å²) in [6, 6.07) is 8.40. The smallest absolute Gasteiger partial charge is 0.229 e. The number of carbonyl (C=O) groups is 1. The van der Waals surface area contributed by atoms with Crippen LogP contribution in [0, 0.1) is 11.3 Å². The van der Waals surface area contributed by atoms with Crippen LogP contribution in [0.5, 0.6) is 0 Å². The number of fused-ring (bicyclic) bond motifs is 1. The molecule has 178 valence electrons. The average Bonchev–Trinajstić information content (AvgIpc) is 3.25. The summed E-state index contributed by atoms with van der Waals surface area (Å²) in [5, 5.41) is 4.56. The van der Waals surface area contributed by atoms with Gasteiger partial charge in [-0.15, -0.1) is 0 Å². The van der Waals surface area contributed by atoms with Gasteiger partial charge in [0.25, 0.3) is 0 Å². The largest absolute Gasteiger partial charge is 0.391 e. The molecule has 4 rings (SSSR count). The fourth-order valence-electron chi connectivity index (χ4n) is 5.46. The lowest BCUT2D eigenvalue weighted by Crippen LogP contribution is -2.36.